The van der Waals surface area contributed by atoms with E-state index in [1.807, 2.05) is 48.5 Å². The van der Waals surface area contributed by atoms with E-state index in [4.69, 9.17) is 19.9 Å². The molecule has 0 unspecified atom stereocenters. The number of aliphatic carboxylic acids is 2. The number of benzene rings is 2. The van der Waals surface area contributed by atoms with Gasteiger partial charge in [0.05, 0.1) is 36.5 Å². The zero-order chi connectivity index (χ0) is 29.7. The van der Waals surface area contributed by atoms with Gasteiger partial charge in [-0.15, -0.1) is 0 Å². The predicted molar refractivity (Wildman–Crippen MR) is 157 cm³/mol. The van der Waals surface area contributed by atoms with E-state index in [1.165, 1.54) is 12.1 Å². The molecule has 0 saturated carbocycles. The van der Waals surface area contributed by atoms with Crippen LogP contribution in [0, 0.1) is 5.82 Å². The van der Waals surface area contributed by atoms with E-state index < -0.39 is 11.9 Å². The zero-order valence-corrected chi connectivity index (χ0v) is 23.1. The van der Waals surface area contributed by atoms with Gasteiger partial charge in [-0.3, -0.25) is 4.98 Å². The number of fused-ring (bicyclic) bond motifs is 1. The minimum atomic E-state index is -1.26. The number of halogens is 1. The highest BCUT2D eigenvalue weighted by atomic mass is 19.1. The van der Waals surface area contributed by atoms with Gasteiger partial charge >= 0.3 is 11.9 Å². The summed E-state index contributed by atoms with van der Waals surface area (Å²) in [7, 11) is 0. The Bertz CT molecular complexity index is 1450. The SMILES string of the molecule is Fc1ccc(Cn2c(NC3CCN(CCOCc4ccccn4)CC3)nc3ccccc32)cc1.O=C(O)/C=C/C(=O)O. The first kappa shape index (κ1) is 30.4. The maximum absolute atomic E-state index is 13.4. The number of carboxylic acids is 2. The molecule has 220 valence electrons. The molecule has 1 aliphatic rings. The Kier molecular flexibility index (Phi) is 11.1. The van der Waals surface area contributed by atoms with Crippen LogP contribution < -0.4 is 5.32 Å². The van der Waals surface area contributed by atoms with Crippen LogP contribution in [0.4, 0.5) is 10.3 Å². The molecule has 3 N–H and O–H groups in total. The second-order valence-corrected chi connectivity index (χ2v) is 9.78. The maximum Gasteiger partial charge on any atom is 0.328 e. The van der Waals surface area contributed by atoms with Crippen molar-refractivity contribution in [1.29, 1.82) is 0 Å². The van der Waals surface area contributed by atoms with Crippen molar-refractivity contribution < 1.29 is 28.9 Å². The number of hydrogen-bond acceptors (Lipinski definition) is 7. The molecule has 4 aromatic rings. The average Bonchev–Trinajstić information content (AvgIpc) is 3.33. The number of piperidine rings is 1. The molecular weight excluding hydrogens is 541 g/mol. The fourth-order valence-corrected chi connectivity index (χ4v) is 4.60. The van der Waals surface area contributed by atoms with E-state index in [1.54, 1.807) is 6.20 Å². The van der Waals surface area contributed by atoms with Crippen LogP contribution in [0.25, 0.3) is 11.0 Å². The van der Waals surface area contributed by atoms with E-state index >= 15 is 0 Å². The number of pyridine rings is 1. The third-order valence-corrected chi connectivity index (χ3v) is 6.73. The van der Waals surface area contributed by atoms with Crippen molar-refractivity contribution in [2.24, 2.45) is 0 Å². The van der Waals surface area contributed by atoms with Gasteiger partial charge in [-0.1, -0.05) is 30.3 Å². The van der Waals surface area contributed by atoms with E-state index in [0.29, 0.717) is 38.0 Å². The van der Waals surface area contributed by atoms with Crippen molar-refractivity contribution in [1.82, 2.24) is 19.4 Å². The average molecular weight is 576 g/mol. The molecule has 3 heterocycles. The molecule has 1 aliphatic heterocycles. The molecule has 10 nitrogen and oxygen atoms in total. The molecule has 0 aliphatic carbocycles. The minimum Gasteiger partial charge on any atom is -0.478 e. The zero-order valence-electron chi connectivity index (χ0n) is 23.1. The predicted octanol–water partition coefficient (Wildman–Crippen LogP) is 4.42. The van der Waals surface area contributed by atoms with Gasteiger partial charge in [-0.2, -0.15) is 0 Å². The maximum atomic E-state index is 13.4. The molecule has 0 atom stereocenters. The third kappa shape index (κ3) is 9.50. The van der Waals surface area contributed by atoms with E-state index in [0.717, 1.165) is 60.7 Å². The number of carbonyl (C=O) groups is 2. The fourth-order valence-electron chi connectivity index (χ4n) is 4.60. The highest BCUT2D eigenvalue weighted by Crippen LogP contribution is 2.24. The smallest absolute Gasteiger partial charge is 0.328 e. The molecule has 0 amide bonds. The molecule has 11 heteroatoms. The first-order chi connectivity index (χ1) is 20.4. The largest absolute Gasteiger partial charge is 0.478 e. The van der Waals surface area contributed by atoms with E-state index in [9.17, 15) is 14.0 Å². The number of nitrogens with one attached hydrogen (secondary N) is 1. The summed E-state index contributed by atoms with van der Waals surface area (Å²) in [6.07, 6.45) is 5.02. The summed E-state index contributed by atoms with van der Waals surface area (Å²) >= 11 is 0. The number of likely N-dealkylation sites (tertiary alicyclic amines) is 1. The second-order valence-electron chi connectivity index (χ2n) is 9.78. The molecule has 1 fully saturated rings. The summed E-state index contributed by atoms with van der Waals surface area (Å²) in [4.78, 5) is 30.7. The molecule has 0 spiro atoms. The lowest BCUT2D eigenvalue weighted by Crippen LogP contribution is -2.40. The Labute approximate surface area is 243 Å². The Morgan fingerprint density at radius 2 is 1.67 bits per heavy atom. The van der Waals surface area contributed by atoms with Gasteiger partial charge in [0.2, 0.25) is 5.95 Å². The summed E-state index contributed by atoms with van der Waals surface area (Å²) in [6, 6.07) is 21.1. The van der Waals surface area contributed by atoms with Gasteiger partial charge in [0.1, 0.15) is 5.82 Å². The Balaban J connectivity index is 0.000000446. The summed E-state index contributed by atoms with van der Waals surface area (Å²) < 4.78 is 21.4. The van der Waals surface area contributed by atoms with Crippen LogP contribution in [0.2, 0.25) is 0 Å². The number of carboxylic acid groups (broad SMARTS) is 2. The first-order valence-electron chi connectivity index (χ1n) is 13.7. The molecule has 1 saturated heterocycles. The van der Waals surface area contributed by atoms with Crippen molar-refractivity contribution in [3.8, 4) is 0 Å². The van der Waals surface area contributed by atoms with Gasteiger partial charge in [-0.25, -0.2) is 19.0 Å². The lowest BCUT2D eigenvalue weighted by Gasteiger charge is -2.32. The monoisotopic (exact) mass is 575 g/mol. The van der Waals surface area contributed by atoms with Crippen LogP contribution in [-0.2, 0) is 27.5 Å². The summed E-state index contributed by atoms with van der Waals surface area (Å²) in [5, 5.41) is 19.3. The third-order valence-electron chi connectivity index (χ3n) is 6.73. The second kappa shape index (κ2) is 15.4. The highest BCUT2D eigenvalue weighted by Gasteiger charge is 2.21. The summed E-state index contributed by atoms with van der Waals surface area (Å²) in [5.74, 6) is -1.85. The van der Waals surface area contributed by atoms with Gasteiger partial charge in [0.25, 0.3) is 0 Å². The van der Waals surface area contributed by atoms with Gasteiger partial charge in [0, 0.05) is 44.0 Å². The molecule has 0 bridgehead atoms. The molecule has 5 rings (SSSR count). The lowest BCUT2D eigenvalue weighted by atomic mass is 10.1. The first-order valence-corrected chi connectivity index (χ1v) is 13.7. The number of anilines is 1. The Morgan fingerprint density at radius 3 is 2.33 bits per heavy atom. The van der Waals surface area contributed by atoms with Crippen molar-refractivity contribution in [2.75, 3.05) is 31.6 Å². The van der Waals surface area contributed by atoms with E-state index in [2.05, 4.69) is 25.8 Å². The van der Waals surface area contributed by atoms with Crippen LogP contribution in [0.3, 0.4) is 0 Å². The summed E-state index contributed by atoms with van der Waals surface area (Å²) in [5.41, 5.74) is 4.06. The number of rotatable bonds is 11. The van der Waals surface area contributed by atoms with Crippen molar-refractivity contribution in [3.05, 3.63) is 102 Å². The van der Waals surface area contributed by atoms with Crippen LogP contribution in [-0.4, -0.2) is 73.9 Å². The van der Waals surface area contributed by atoms with Crippen molar-refractivity contribution in [2.45, 2.75) is 32.0 Å². The van der Waals surface area contributed by atoms with Gasteiger partial charge in [0.15, 0.2) is 0 Å². The van der Waals surface area contributed by atoms with E-state index in [-0.39, 0.29) is 5.82 Å². The number of aromatic nitrogens is 3. The number of ether oxygens (including phenoxy) is 1. The quantitative estimate of drug-likeness (QED) is 0.176. The minimum absolute atomic E-state index is 0.216. The molecular formula is C31H34FN5O5. The Morgan fingerprint density at radius 1 is 0.976 bits per heavy atom. The molecule has 42 heavy (non-hydrogen) atoms. The molecule has 2 aromatic heterocycles. The van der Waals surface area contributed by atoms with Crippen LogP contribution in [0.5, 0.6) is 0 Å². The van der Waals surface area contributed by atoms with Gasteiger partial charge in [-0.05, 0) is 54.8 Å². The van der Waals surface area contributed by atoms with Gasteiger partial charge < -0.3 is 29.7 Å². The topological polar surface area (TPSA) is 130 Å². The molecule has 0 radical (unpaired) electrons. The fraction of sp³-hybridized carbons (Fsp3) is 0.290. The standard InChI is InChI=1S/C27H30FN5O.C4H4O4/c28-22-10-8-21(9-11-22)19-33-26-7-2-1-6-25(26)31-27(33)30-23-12-15-32(16-13-23)17-18-34-20-24-5-3-4-14-29-24;5-3(6)1-2-4(7)8/h1-11,14,23H,12-13,15-20H2,(H,30,31);1-2H,(H,5,6)(H,7,8)/b;2-1+. The normalized spacial score (nSPS) is 14.0. The van der Waals surface area contributed by atoms with Crippen molar-refractivity contribution >= 4 is 28.9 Å². The number of hydrogen-bond donors (Lipinski definition) is 3. The van der Waals surface area contributed by atoms with Crippen LogP contribution in [0.1, 0.15) is 24.1 Å². The van der Waals surface area contributed by atoms with Crippen LogP contribution in [0.15, 0.2) is 85.1 Å². The molecule has 2 aromatic carbocycles. The van der Waals surface area contributed by atoms with Crippen LogP contribution >= 0.6 is 0 Å². The number of nitrogens with zero attached hydrogens (tertiary/aromatic N) is 4. The lowest BCUT2D eigenvalue weighted by molar-refractivity contribution is -0.134. The highest BCUT2D eigenvalue weighted by molar-refractivity contribution is 5.89. The number of para-hydroxylation sites is 2. The number of imidazole rings is 1. The Hall–Kier alpha value is -4.61. The summed E-state index contributed by atoms with van der Waals surface area (Å²) in [6.45, 7) is 4.91. The van der Waals surface area contributed by atoms with Crippen molar-refractivity contribution in [3.63, 3.8) is 0 Å².